The highest BCUT2D eigenvalue weighted by molar-refractivity contribution is 5.70. The molecule has 0 bridgehead atoms. The van der Waals surface area contributed by atoms with Crippen LogP contribution in [0.15, 0.2) is 29.4 Å². The SMILES string of the molecule is CCOC(=O)CCNc1ccc(N=O)cc1. The lowest BCUT2D eigenvalue weighted by molar-refractivity contribution is -0.142. The van der Waals surface area contributed by atoms with E-state index in [1.165, 1.54) is 0 Å². The molecular weight excluding hydrogens is 208 g/mol. The van der Waals surface area contributed by atoms with Crippen LogP contribution in [0.5, 0.6) is 0 Å². The zero-order valence-corrected chi connectivity index (χ0v) is 9.10. The summed E-state index contributed by atoms with van der Waals surface area (Å²) in [6.07, 6.45) is 0.321. The molecule has 86 valence electrons. The number of carbonyl (C=O) groups excluding carboxylic acids is 1. The highest BCUT2D eigenvalue weighted by atomic mass is 16.5. The Morgan fingerprint density at radius 1 is 1.38 bits per heavy atom. The molecule has 16 heavy (non-hydrogen) atoms. The summed E-state index contributed by atoms with van der Waals surface area (Å²) in [5.41, 5.74) is 1.23. The fraction of sp³-hybridized carbons (Fsp3) is 0.364. The number of nitrogens with one attached hydrogen (secondary N) is 1. The van der Waals surface area contributed by atoms with E-state index in [0.29, 0.717) is 25.3 Å². The van der Waals surface area contributed by atoms with Gasteiger partial charge in [-0.3, -0.25) is 4.79 Å². The van der Waals surface area contributed by atoms with Gasteiger partial charge in [-0.2, -0.15) is 0 Å². The maximum atomic E-state index is 11.0. The van der Waals surface area contributed by atoms with E-state index in [0.717, 1.165) is 5.69 Å². The maximum Gasteiger partial charge on any atom is 0.307 e. The van der Waals surface area contributed by atoms with E-state index in [4.69, 9.17) is 4.74 Å². The third-order valence-corrected chi connectivity index (χ3v) is 1.94. The van der Waals surface area contributed by atoms with Crippen molar-refractivity contribution >= 4 is 17.3 Å². The molecule has 0 aromatic heterocycles. The number of nitrogens with zero attached hydrogens (tertiary/aromatic N) is 1. The second kappa shape index (κ2) is 6.55. The first-order valence-corrected chi connectivity index (χ1v) is 5.09. The lowest BCUT2D eigenvalue weighted by Crippen LogP contribution is -2.11. The molecule has 0 saturated carbocycles. The lowest BCUT2D eigenvalue weighted by Gasteiger charge is -2.05. The van der Waals surface area contributed by atoms with Gasteiger partial charge in [0, 0.05) is 12.2 Å². The van der Waals surface area contributed by atoms with Gasteiger partial charge in [0.05, 0.1) is 13.0 Å². The molecule has 0 fully saturated rings. The molecule has 0 saturated heterocycles. The van der Waals surface area contributed by atoms with Crippen molar-refractivity contribution < 1.29 is 9.53 Å². The summed E-state index contributed by atoms with van der Waals surface area (Å²) in [6.45, 7) is 2.68. The van der Waals surface area contributed by atoms with Crippen LogP contribution in [0.3, 0.4) is 0 Å². The van der Waals surface area contributed by atoms with Crippen LogP contribution in [0.25, 0.3) is 0 Å². The minimum Gasteiger partial charge on any atom is -0.466 e. The molecule has 0 amide bonds. The van der Waals surface area contributed by atoms with Crippen molar-refractivity contribution in [1.82, 2.24) is 0 Å². The van der Waals surface area contributed by atoms with Crippen molar-refractivity contribution in [2.24, 2.45) is 5.18 Å². The molecule has 1 aromatic rings. The first kappa shape index (κ1) is 12.2. The summed E-state index contributed by atoms with van der Waals surface area (Å²) in [6, 6.07) is 6.70. The monoisotopic (exact) mass is 222 g/mol. The Labute approximate surface area is 93.8 Å². The molecule has 5 heteroatoms. The summed E-state index contributed by atoms with van der Waals surface area (Å²) >= 11 is 0. The lowest BCUT2D eigenvalue weighted by atomic mass is 10.3. The minimum absolute atomic E-state index is 0.221. The van der Waals surface area contributed by atoms with E-state index in [1.54, 1.807) is 31.2 Å². The maximum absolute atomic E-state index is 11.0. The number of esters is 1. The van der Waals surface area contributed by atoms with Gasteiger partial charge in [0.15, 0.2) is 0 Å². The normalized spacial score (nSPS) is 9.56. The minimum atomic E-state index is -0.221. The Morgan fingerprint density at radius 3 is 2.62 bits per heavy atom. The molecule has 0 aliphatic heterocycles. The number of nitroso groups, excluding NO2 is 1. The van der Waals surface area contributed by atoms with Gasteiger partial charge in [-0.1, -0.05) is 0 Å². The van der Waals surface area contributed by atoms with Gasteiger partial charge in [0.25, 0.3) is 0 Å². The highest BCUT2D eigenvalue weighted by Crippen LogP contribution is 2.15. The van der Waals surface area contributed by atoms with Gasteiger partial charge in [0.1, 0.15) is 5.69 Å². The Hall–Kier alpha value is -1.91. The summed E-state index contributed by atoms with van der Waals surface area (Å²) in [4.78, 5) is 21.2. The van der Waals surface area contributed by atoms with Crippen LogP contribution in [-0.4, -0.2) is 19.1 Å². The van der Waals surface area contributed by atoms with Crippen LogP contribution in [-0.2, 0) is 9.53 Å². The van der Waals surface area contributed by atoms with E-state index < -0.39 is 0 Å². The Morgan fingerprint density at radius 2 is 2.06 bits per heavy atom. The molecular formula is C11H14N2O3. The molecule has 1 rings (SSSR count). The number of hydrogen-bond acceptors (Lipinski definition) is 5. The molecule has 0 unspecified atom stereocenters. The smallest absolute Gasteiger partial charge is 0.307 e. The second-order valence-electron chi connectivity index (χ2n) is 3.12. The van der Waals surface area contributed by atoms with Crippen molar-refractivity contribution in [2.75, 3.05) is 18.5 Å². The number of ether oxygens (including phenoxy) is 1. The fourth-order valence-electron chi connectivity index (χ4n) is 1.18. The second-order valence-corrected chi connectivity index (χ2v) is 3.12. The van der Waals surface area contributed by atoms with Gasteiger partial charge in [-0.25, -0.2) is 0 Å². The standard InChI is InChI=1S/C11H14N2O3/c1-2-16-11(14)7-8-12-9-3-5-10(13-15)6-4-9/h3-6,12H,2,7-8H2,1H3. The molecule has 0 aliphatic carbocycles. The van der Waals surface area contributed by atoms with E-state index in [2.05, 4.69) is 10.5 Å². The molecule has 0 aliphatic rings. The predicted molar refractivity (Wildman–Crippen MR) is 61.6 cm³/mol. The van der Waals surface area contributed by atoms with Crippen LogP contribution in [0.4, 0.5) is 11.4 Å². The average molecular weight is 222 g/mol. The average Bonchev–Trinajstić information content (AvgIpc) is 2.30. The Balaban J connectivity index is 2.31. The number of rotatable bonds is 6. The first-order chi connectivity index (χ1) is 7.76. The zero-order chi connectivity index (χ0) is 11.8. The molecule has 0 spiro atoms. The summed E-state index contributed by atoms with van der Waals surface area (Å²) in [5, 5.41) is 5.83. The zero-order valence-electron chi connectivity index (χ0n) is 9.10. The van der Waals surface area contributed by atoms with Crippen molar-refractivity contribution in [3.8, 4) is 0 Å². The predicted octanol–water partition coefficient (Wildman–Crippen LogP) is 2.45. The summed E-state index contributed by atoms with van der Waals surface area (Å²) in [5.74, 6) is -0.221. The van der Waals surface area contributed by atoms with Gasteiger partial charge in [-0.05, 0) is 36.4 Å². The number of anilines is 1. The first-order valence-electron chi connectivity index (χ1n) is 5.09. The van der Waals surface area contributed by atoms with Crippen molar-refractivity contribution in [1.29, 1.82) is 0 Å². The summed E-state index contributed by atoms with van der Waals surface area (Å²) in [7, 11) is 0. The number of hydrogen-bond donors (Lipinski definition) is 1. The van der Waals surface area contributed by atoms with E-state index >= 15 is 0 Å². The van der Waals surface area contributed by atoms with Crippen LogP contribution in [0.1, 0.15) is 13.3 Å². The van der Waals surface area contributed by atoms with Gasteiger partial charge < -0.3 is 10.1 Å². The van der Waals surface area contributed by atoms with Gasteiger partial charge in [0.2, 0.25) is 0 Å². The van der Waals surface area contributed by atoms with Crippen molar-refractivity contribution in [3.05, 3.63) is 29.2 Å². The van der Waals surface area contributed by atoms with Crippen LogP contribution in [0.2, 0.25) is 0 Å². The third kappa shape index (κ3) is 4.08. The number of carbonyl (C=O) groups is 1. The Kier molecular flexibility index (Phi) is 4.98. The van der Waals surface area contributed by atoms with Gasteiger partial charge >= 0.3 is 5.97 Å². The number of benzene rings is 1. The van der Waals surface area contributed by atoms with Crippen molar-refractivity contribution in [2.45, 2.75) is 13.3 Å². The van der Waals surface area contributed by atoms with Crippen LogP contribution < -0.4 is 5.32 Å². The van der Waals surface area contributed by atoms with Crippen molar-refractivity contribution in [3.63, 3.8) is 0 Å². The molecule has 0 atom stereocenters. The summed E-state index contributed by atoms with van der Waals surface area (Å²) < 4.78 is 4.78. The molecule has 1 aromatic carbocycles. The fourth-order valence-corrected chi connectivity index (χ4v) is 1.18. The quantitative estimate of drug-likeness (QED) is 0.593. The third-order valence-electron chi connectivity index (χ3n) is 1.94. The van der Waals surface area contributed by atoms with E-state index in [9.17, 15) is 9.70 Å². The topological polar surface area (TPSA) is 67.8 Å². The van der Waals surface area contributed by atoms with E-state index in [-0.39, 0.29) is 5.97 Å². The van der Waals surface area contributed by atoms with Crippen LogP contribution in [0, 0.1) is 4.91 Å². The molecule has 5 nitrogen and oxygen atoms in total. The largest absolute Gasteiger partial charge is 0.466 e. The van der Waals surface area contributed by atoms with Crippen LogP contribution >= 0.6 is 0 Å². The van der Waals surface area contributed by atoms with E-state index in [1.807, 2.05) is 0 Å². The molecule has 0 radical (unpaired) electrons. The highest BCUT2D eigenvalue weighted by Gasteiger charge is 2.00. The molecule has 1 N–H and O–H groups in total. The molecule has 0 heterocycles. The van der Waals surface area contributed by atoms with Gasteiger partial charge in [-0.15, -0.1) is 4.91 Å². The Bertz CT molecular complexity index is 349.